The summed E-state index contributed by atoms with van der Waals surface area (Å²) in [5.74, 6) is -2.44. The summed E-state index contributed by atoms with van der Waals surface area (Å²) in [6.07, 6.45) is 0. The second-order valence-electron chi connectivity index (χ2n) is 5.41. The van der Waals surface area contributed by atoms with Gasteiger partial charge in [0.05, 0.1) is 18.1 Å². The molecule has 2 aromatic rings. The summed E-state index contributed by atoms with van der Waals surface area (Å²) in [5, 5.41) is 11.1. The molecule has 0 N–H and O–H groups in total. The van der Waals surface area contributed by atoms with Gasteiger partial charge in [-0.2, -0.15) is 0 Å². The first-order valence-corrected chi connectivity index (χ1v) is 7.30. The van der Waals surface area contributed by atoms with Gasteiger partial charge in [0, 0.05) is 18.7 Å². The molecule has 0 saturated heterocycles. The third kappa shape index (κ3) is 3.73. The molecular formula is C17H16F2N2O4. The average Bonchev–Trinajstić information content (AvgIpc) is 2.61. The van der Waals surface area contributed by atoms with Crippen molar-refractivity contribution in [3.05, 3.63) is 69.3 Å². The van der Waals surface area contributed by atoms with Gasteiger partial charge in [-0.05, 0) is 36.8 Å². The van der Waals surface area contributed by atoms with Crippen molar-refractivity contribution >= 4 is 11.6 Å². The molecule has 132 valence electrons. The van der Waals surface area contributed by atoms with Gasteiger partial charge in [0.1, 0.15) is 0 Å². The van der Waals surface area contributed by atoms with Crippen LogP contribution in [0.25, 0.3) is 0 Å². The minimum Gasteiger partial charge on any atom is -0.490 e. The topological polar surface area (TPSA) is 72.7 Å². The second-order valence-corrected chi connectivity index (χ2v) is 5.41. The number of amides is 1. The van der Waals surface area contributed by atoms with Crippen LogP contribution >= 0.6 is 0 Å². The predicted octanol–water partition coefficient (Wildman–Crippen LogP) is 3.71. The van der Waals surface area contributed by atoms with Crippen LogP contribution in [0.5, 0.6) is 5.75 Å². The van der Waals surface area contributed by atoms with Crippen molar-refractivity contribution in [2.75, 3.05) is 14.2 Å². The van der Waals surface area contributed by atoms with Gasteiger partial charge in [0.25, 0.3) is 5.91 Å². The number of rotatable bonds is 5. The maximum atomic E-state index is 13.4. The molecule has 0 radical (unpaired) electrons. The van der Waals surface area contributed by atoms with Crippen molar-refractivity contribution in [2.45, 2.75) is 13.0 Å². The van der Waals surface area contributed by atoms with Crippen LogP contribution in [0, 0.1) is 21.7 Å². The average molecular weight is 350 g/mol. The molecular weight excluding hydrogens is 334 g/mol. The Hall–Kier alpha value is -3.03. The first-order chi connectivity index (χ1) is 11.8. The number of nitrogens with zero attached hydrogens (tertiary/aromatic N) is 2. The quantitative estimate of drug-likeness (QED) is 0.609. The minimum absolute atomic E-state index is 0.0397. The highest BCUT2D eigenvalue weighted by Crippen LogP contribution is 2.29. The monoisotopic (exact) mass is 350 g/mol. The van der Waals surface area contributed by atoms with Crippen molar-refractivity contribution in [1.82, 2.24) is 4.90 Å². The van der Waals surface area contributed by atoms with Crippen molar-refractivity contribution in [1.29, 1.82) is 0 Å². The van der Waals surface area contributed by atoms with E-state index in [4.69, 9.17) is 4.74 Å². The van der Waals surface area contributed by atoms with Crippen LogP contribution < -0.4 is 4.74 Å². The van der Waals surface area contributed by atoms with Gasteiger partial charge >= 0.3 is 5.69 Å². The highest BCUT2D eigenvalue weighted by Gasteiger charge is 2.23. The number of carbonyl (C=O) groups is 1. The van der Waals surface area contributed by atoms with Crippen LogP contribution in [-0.2, 0) is 0 Å². The van der Waals surface area contributed by atoms with Crippen LogP contribution in [0.4, 0.5) is 14.5 Å². The molecule has 1 unspecified atom stereocenters. The Morgan fingerprint density at radius 3 is 2.44 bits per heavy atom. The zero-order chi connectivity index (χ0) is 18.7. The highest BCUT2D eigenvalue weighted by atomic mass is 19.2. The Morgan fingerprint density at radius 1 is 1.20 bits per heavy atom. The fraction of sp³-hybridized carbons (Fsp3) is 0.235. The molecule has 0 fully saturated rings. The summed E-state index contributed by atoms with van der Waals surface area (Å²) < 4.78 is 31.3. The molecule has 0 spiro atoms. The Balaban J connectivity index is 2.31. The highest BCUT2D eigenvalue weighted by molar-refractivity contribution is 5.95. The van der Waals surface area contributed by atoms with E-state index in [0.717, 1.165) is 18.2 Å². The number of ether oxygens (including phenoxy) is 1. The molecule has 25 heavy (non-hydrogen) atoms. The van der Waals surface area contributed by atoms with Gasteiger partial charge in [-0.15, -0.1) is 0 Å². The number of carbonyl (C=O) groups excluding carboxylic acids is 1. The Labute approximate surface area is 142 Å². The molecule has 2 aromatic carbocycles. The van der Waals surface area contributed by atoms with Gasteiger partial charge in [0.2, 0.25) is 0 Å². The summed E-state index contributed by atoms with van der Waals surface area (Å²) in [6.45, 7) is 1.64. The molecule has 0 aliphatic carbocycles. The van der Waals surface area contributed by atoms with Crippen LogP contribution in [0.2, 0.25) is 0 Å². The van der Waals surface area contributed by atoms with Crippen molar-refractivity contribution in [3.8, 4) is 5.75 Å². The molecule has 1 amide bonds. The lowest BCUT2D eigenvalue weighted by Crippen LogP contribution is -2.29. The number of methoxy groups -OCH3 is 1. The van der Waals surface area contributed by atoms with E-state index in [-0.39, 0.29) is 17.0 Å². The molecule has 0 aromatic heterocycles. The van der Waals surface area contributed by atoms with E-state index >= 15 is 0 Å². The predicted molar refractivity (Wildman–Crippen MR) is 86.5 cm³/mol. The van der Waals surface area contributed by atoms with E-state index in [2.05, 4.69) is 0 Å². The molecule has 0 bridgehead atoms. The lowest BCUT2D eigenvalue weighted by Gasteiger charge is -2.25. The third-order valence-corrected chi connectivity index (χ3v) is 3.95. The van der Waals surface area contributed by atoms with E-state index in [1.165, 1.54) is 37.3 Å². The number of nitro benzene ring substituents is 1. The first-order valence-electron chi connectivity index (χ1n) is 7.30. The molecule has 0 aliphatic heterocycles. The molecule has 0 aliphatic rings. The van der Waals surface area contributed by atoms with Gasteiger partial charge < -0.3 is 9.64 Å². The summed E-state index contributed by atoms with van der Waals surface area (Å²) in [6, 6.07) is 6.67. The lowest BCUT2D eigenvalue weighted by molar-refractivity contribution is -0.385. The van der Waals surface area contributed by atoms with Gasteiger partial charge in [-0.3, -0.25) is 14.9 Å². The second kappa shape index (κ2) is 7.25. The van der Waals surface area contributed by atoms with E-state index < -0.39 is 28.5 Å². The van der Waals surface area contributed by atoms with E-state index in [0.29, 0.717) is 5.56 Å². The maximum Gasteiger partial charge on any atom is 0.311 e. The van der Waals surface area contributed by atoms with Crippen molar-refractivity contribution < 1.29 is 23.2 Å². The maximum absolute atomic E-state index is 13.4. The molecule has 1 atom stereocenters. The van der Waals surface area contributed by atoms with Crippen LogP contribution in [0.3, 0.4) is 0 Å². The Kier molecular flexibility index (Phi) is 5.31. The number of benzene rings is 2. The number of halogens is 2. The smallest absolute Gasteiger partial charge is 0.311 e. The molecule has 6 nitrogen and oxygen atoms in total. The van der Waals surface area contributed by atoms with Gasteiger partial charge in [-0.25, -0.2) is 8.78 Å². The molecule has 8 heteroatoms. The number of hydrogen-bond acceptors (Lipinski definition) is 4. The molecule has 0 heterocycles. The molecule has 0 saturated carbocycles. The summed E-state index contributed by atoms with van der Waals surface area (Å²) in [5.41, 5.74) is 0.157. The van der Waals surface area contributed by atoms with E-state index in [1.54, 1.807) is 6.92 Å². The zero-order valence-corrected chi connectivity index (χ0v) is 13.8. The van der Waals surface area contributed by atoms with Gasteiger partial charge in [-0.1, -0.05) is 6.07 Å². The van der Waals surface area contributed by atoms with Crippen molar-refractivity contribution in [3.63, 3.8) is 0 Å². The van der Waals surface area contributed by atoms with Crippen LogP contribution in [0.15, 0.2) is 36.4 Å². The molecule has 2 rings (SSSR count). The minimum atomic E-state index is -1.01. The largest absolute Gasteiger partial charge is 0.490 e. The van der Waals surface area contributed by atoms with Crippen LogP contribution in [0.1, 0.15) is 28.9 Å². The van der Waals surface area contributed by atoms with Crippen molar-refractivity contribution in [2.24, 2.45) is 0 Å². The third-order valence-electron chi connectivity index (χ3n) is 3.95. The SMILES string of the molecule is COc1ccc(C(=O)N(C)C(C)c2ccc(F)c(F)c2)cc1[N+](=O)[O-]. The van der Waals surface area contributed by atoms with Gasteiger partial charge in [0.15, 0.2) is 17.4 Å². The fourth-order valence-corrected chi connectivity index (χ4v) is 2.34. The standard InChI is InChI=1S/C17H16F2N2O4/c1-10(11-4-6-13(18)14(19)8-11)20(2)17(22)12-5-7-16(25-3)15(9-12)21(23)24/h4-10H,1-3H3. The summed E-state index contributed by atoms with van der Waals surface area (Å²) in [7, 11) is 2.77. The summed E-state index contributed by atoms with van der Waals surface area (Å²) >= 11 is 0. The normalized spacial score (nSPS) is 11.7. The number of nitro groups is 1. The summed E-state index contributed by atoms with van der Waals surface area (Å²) in [4.78, 5) is 24.3. The Morgan fingerprint density at radius 2 is 1.88 bits per heavy atom. The lowest BCUT2D eigenvalue weighted by atomic mass is 10.1. The fourth-order valence-electron chi connectivity index (χ4n) is 2.34. The Bertz CT molecular complexity index is 826. The number of hydrogen-bond donors (Lipinski definition) is 0. The van der Waals surface area contributed by atoms with E-state index in [1.807, 2.05) is 0 Å². The van der Waals surface area contributed by atoms with E-state index in [9.17, 15) is 23.7 Å². The zero-order valence-electron chi connectivity index (χ0n) is 13.8. The first kappa shape index (κ1) is 18.3. The van der Waals surface area contributed by atoms with Crippen LogP contribution in [-0.4, -0.2) is 29.9 Å².